The van der Waals surface area contributed by atoms with Gasteiger partial charge in [-0.25, -0.2) is 4.68 Å². The third kappa shape index (κ3) is 3.73. The number of aryl methyl sites for hydroxylation is 1. The van der Waals surface area contributed by atoms with Crippen LogP contribution in [0, 0.1) is 0 Å². The van der Waals surface area contributed by atoms with Crippen molar-refractivity contribution in [2.75, 3.05) is 33.3 Å². The van der Waals surface area contributed by atoms with Crippen molar-refractivity contribution in [1.29, 1.82) is 0 Å². The SMILES string of the molecule is COc1cc([C@@H]2C=C(c3cccs3)Nc3nc(CCCO)nn32)cc(OC)c1OC. The first-order chi connectivity index (χ1) is 14.7. The summed E-state index contributed by atoms with van der Waals surface area (Å²) in [5, 5.41) is 19.3. The third-order valence-electron chi connectivity index (χ3n) is 4.88. The maximum absolute atomic E-state index is 9.17. The molecule has 8 nitrogen and oxygen atoms in total. The van der Waals surface area contributed by atoms with Gasteiger partial charge < -0.3 is 24.6 Å². The molecule has 0 saturated carbocycles. The van der Waals surface area contributed by atoms with E-state index in [-0.39, 0.29) is 12.6 Å². The molecule has 0 amide bonds. The Morgan fingerprint density at radius 1 is 1.17 bits per heavy atom. The average molecular weight is 429 g/mol. The molecule has 9 heteroatoms. The van der Waals surface area contributed by atoms with Crippen molar-refractivity contribution in [3.05, 3.63) is 52.0 Å². The van der Waals surface area contributed by atoms with Crippen LogP contribution in [0.3, 0.4) is 0 Å². The molecule has 1 atom stereocenters. The number of allylic oxidation sites excluding steroid dienone is 1. The van der Waals surface area contributed by atoms with Gasteiger partial charge in [-0.3, -0.25) is 0 Å². The number of hydrogen-bond donors (Lipinski definition) is 2. The summed E-state index contributed by atoms with van der Waals surface area (Å²) >= 11 is 1.65. The van der Waals surface area contributed by atoms with Gasteiger partial charge in [-0.05, 0) is 41.6 Å². The second-order valence-electron chi connectivity index (χ2n) is 6.71. The summed E-state index contributed by atoms with van der Waals surface area (Å²) in [6.07, 6.45) is 3.34. The molecule has 4 rings (SSSR count). The quantitative estimate of drug-likeness (QED) is 0.569. The van der Waals surface area contributed by atoms with Crippen LogP contribution in [0.5, 0.6) is 17.2 Å². The number of nitrogens with one attached hydrogen (secondary N) is 1. The number of thiophene rings is 1. The van der Waals surface area contributed by atoms with Crippen LogP contribution in [0.25, 0.3) is 5.70 Å². The van der Waals surface area contributed by atoms with Crippen molar-refractivity contribution in [3.63, 3.8) is 0 Å². The van der Waals surface area contributed by atoms with E-state index in [4.69, 9.17) is 24.4 Å². The second-order valence-corrected chi connectivity index (χ2v) is 7.66. The molecule has 158 valence electrons. The Morgan fingerprint density at radius 3 is 2.53 bits per heavy atom. The summed E-state index contributed by atoms with van der Waals surface area (Å²) in [5.74, 6) is 3.05. The molecule has 0 radical (unpaired) electrons. The Balaban J connectivity index is 1.83. The summed E-state index contributed by atoms with van der Waals surface area (Å²) < 4.78 is 18.4. The van der Waals surface area contributed by atoms with Gasteiger partial charge in [-0.1, -0.05) is 6.07 Å². The zero-order chi connectivity index (χ0) is 21.1. The average Bonchev–Trinajstić information content (AvgIpc) is 3.45. The van der Waals surface area contributed by atoms with E-state index in [1.807, 2.05) is 28.3 Å². The fourth-order valence-corrected chi connectivity index (χ4v) is 4.17. The van der Waals surface area contributed by atoms with Gasteiger partial charge in [-0.2, -0.15) is 10.1 Å². The smallest absolute Gasteiger partial charge is 0.226 e. The van der Waals surface area contributed by atoms with Crippen LogP contribution in [0.15, 0.2) is 35.7 Å². The molecule has 1 aliphatic rings. The predicted octanol–water partition coefficient (Wildman–Crippen LogP) is 3.35. The van der Waals surface area contributed by atoms with Crippen LogP contribution in [-0.2, 0) is 6.42 Å². The molecule has 0 bridgehead atoms. The molecular formula is C21H24N4O4S. The van der Waals surface area contributed by atoms with E-state index < -0.39 is 0 Å². The molecule has 0 aliphatic carbocycles. The van der Waals surface area contributed by atoms with Crippen LogP contribution in [0.1, 0.15) is 28.7 Å². The van der Waals surface area contributed by atoms with E-state index >= 15 is 0 Å². The molecule has 0 saturated heterocycles. The van der Waals surface area contributed by atoms with Gasteiger partial charge in [0.2, 0.25) is 11.7 Å². The number of hydrogen-bond acceptors (Lipinski definition) is 8. The van der Waals surface area contributed by atoms with E-state index in [0.29, 0.717) is 41.9 Å². The number of benzene rings is 1. The number of aromatic nitrogens is 3. The lowest BCUT2D eigenvalue weighted by Gasteiger charge is -2.25. The summed E-state index contributed by atoms with van der Waals surface area (Å²) in [6.45, 7) is 0.103. The molecule has 2 aromatic heterocycles. The highest BCUT2D eigenvalue weighted by Gasteiger charge is 2.27. The molecule has 1 aliphatic heterocycles. The molecule has 0 fully saturated rings. The normalized spacial score (nSPS) is 15.2. The van der Waals surface area contributed by atoms with E-state index in [9.17, 15) is 0 Å². The van der Waals surface area contributed by atoms with Crippen LogP contribution >= 0.6 is 11.3 Å². The molecule has 0 spiro atoms. The standard InChI is InChI=1S/C21H24N4O4S/c1-27-16-10-13(11-17(28-2)20(16)29-3)15-12-14(18-6-5-9-30-18)22-21-23-19(7-4-8-26)24-25(15)21/h5-6,9-12,15,26H,4,7-8H2,1-3H3,(H,22,23,24)/t15-/m0/s1. The van der Waals surface area contributed by atoms with Crippen molar-refractivity contribution >= 4 is 23.0 Å². The third-order valence-corrected chi connectivity index (χ3v) is 5.79. The van der Waals surface area contributed by atoms with Crippen LogP contribution in [-0.4, -0.2) is 47.8 Å². The summed E-state index contributed by atoms with van der Waals surface area (Å²) in [7, 11) is 4.79. The first-order valence-electron chi connectivity index (χ1n) is 9.57. The first-order valence-corrected chi connectivity index (χ1v) is 10.4. The number of methoxy groups -OCH3 is 3. The largest absolute Gasteiger partial charge is 0.493 e. The highest BCUT2D eigenvalue weighted by Crippen LogP contribution is 2.42. The number of ether oxygens (including phenoxy) is 3. The Morgan fingerprint density at radius 2 is 1.93 bits per heavy atom. The minimum Gasteiger partial charge on any atom is -0.493 e. The number of rotatable bonds is 8. The van der Waals surface area contributed by atoms with Gasteiger partial charge in [0.15, 0.2) is 17.3 Å². The Bertz CT molecular complexity index is 1020. The van der Waals surface area contributed by atoms with Crippen LogP contribution in [0.2, 0.25) is 0 Å². The highest BCUT2D eigenvalue weighted by molar-refractivity contribution is 7.11. The number of fused-ring (bicyclic) bond motifs is 1. The topological polar surface area (TPSA) is 90.7 Å². The van der Waals surface area contributed by atoms with Crippen LogP contribution < -0.4 is 19.5 Å². The zero-order valence-corrected chi connectivity index (χ0v) is 17.9. The Kier molecular flexibility index (Phi) is 5.91. The molecular weight excluding hydrogens is 404 g/mol. The minimum absolute atomic E-state index is 0.103. The number of aliphatic hydroxyl groups excluding tert-OH is 1. The lowest BCUT2D eigenvalue weighted by Crippen LogP contribution is -2.20. The summed E-state index contributed by atoms with van der Waals surface area (Å²) in [5.41, 5.74) is 1.90. The van der Waals surface area contributed by atoms with Gasteiger partial charge in [0.25, 0.3) is 0 Å². The van der Waals surface area contributed by atoms with Gasteiger partial charge in [-0.15, -0.1) is 11.3 Å². The lowest BCUT2D eigenvalue weighted by molar-refractivity contribution is 0.287. The molecule has 1 aromatic carbocycles. The first kappa shape index (κ1) is 20.2. The van der Waals surface area contributed by atoms with Crippen LogP contribution in [0.4, 0.5) is 5.95 Å². The highest BCUT2D eigenvalue weighted by atomic mass is 32.1. The summed E-state index contributed by atoms with van der Waals surface area (Å²) in [4.78, 5) is 5.76. The zero-order valence-electron chi connectivity index (χ0n) is 17.1. The van der Waals surface area contributed by atoms with Crippen molar-refractivity contribution < 1.29 is 19.3 Å². The van der Waals surface area contributed by atoms with E-state index in [1.165, 1.54) is 0 Å². The minimum atomic E-state index is -0.220. The maximum Gasteiger partial charge on any atom is 0.226 e. The van der Waals surface area contributed by atoms with Crippen molar-refractivity contribution in [3.8, 4) is 17.2 Å². The number of anilines is 1. The van der Waals surface area contributed by atoms with Crippen molar-refractivity contribution in [1.82, 2.24) is 14.8 Å². The molecule has 0 unspecified atom stereocenters. The number of aliphatic hydroxyl groups is 1. The number of nitrogens with zero attached hydrogens (tertiary/aromatic N) is 3. The van der Waals surface area contributed by atoms with E-state index in [1.54, 1.807) is 32.7 Å². The van der Waals surface area contributed by atoms with Gasteiger partial charge in [0.05, 0.1) is 31.9 Å². The van der Waals surface area contributed by atoms with Gasteiger partial charge in [0.1, 0.15) is 6.04 Å². The lowest BCUT2D eigenvalue weighted by atomic mass is 10.0. The predicted molar refractivity (Wildman–Crippen MR) is 116 cm³/mol. The maximum atomic E-state index is 9.17. The Hall–Kier alpha value is -3.04. The molecule has 3 aromatic rings. The van der Waals surface area contributed by atoms with Crippen molar-refractivity contribution in [2.24, 2.45) is 0 Å². The fraction of sp³-hybridized carbons (Fsp3) is 0.333. The van der Waals surface area contributed by atoms with Gasteiger partial charge >= 0.3 is 0 Å². The van der Waals surface area contributed by atoms with E-state index in [2.05, 4.69) is 22.4 Å². The molecule has 30 heavy (non-hydrogen) atoms. The molecule has 2 N–H and O–H groups in total. The van der Waals surface area contributed by atoms with Crippen molar-refractivity contribution in [2.45, 2.75) is 18.9 Å². The van der Waals surface area contributed by atoms with Gasteiger partial charge in [0, 0.05) is 13.0 Å². The monoisotopic (exact) mass is 428 g/mol. The van der Waals surface area contributed by atoms with E-state index in [0.717, 1.165) is 16.1 Å². The Labute approximate surface area is 178 Å². The summed E-state index contributed by atoms with van der Waals surface area (Å²) in [6, 6.07) is 7.72. The fourth-order valence-electron chi connectivity index (χ4n) is 3.47. The second kappa shape index (κ2) is 8.76. The molecule has 3 heterocycles.